The third-order valence-corrected chi connectivity index (χ3v) is 5.01. The SMILES string of the molecule is CNC(CC1CCCc2ccccc21)c1ccsc1. The Labute approximate surface area is 119 Å². The number of hydrogen-bond acceptors (Lipinski definition) is 2. The molecule has 0 saturated heterocycles. The van der Waals surface area contributed by atoms with E-state index in [9.17, 15) is 0 Å². The smallest absolute Gasteiger partial charge is 0.0331 e. The van der Waals surface area contributed by atoms with Gasteiger partial charge in [-0.2, -0.15) is 11.3 Å². The zero-order chi connectivity index (χ0) is 13.1. The number of benzene rings is 1. The molecule has 2 heteroatoms. The standard InChI is InChI=1S/C17H21NS/c1-18-17(15-9-10-19-12-15)11-14-7-4-6-13-5-2-3-8-16(13)14/h2-3,5,8-10,12,14,17-18H,4,6-7,11H2,1H3. The van der Waals surface area contributed by atoms with E-state index in [0.717, 1.165) is 0 Å². The van der Waals surface area contributed by atoms with Crippen molar-refractivity contribution in [3.8, 4) is 0 Å². The van der Waals surface area contributed by atoms with Gasteiger partial charge in [0.1, 0.15) is 0 Å². The summed E-state index contributed by atoms with van der Waals surface area (Å²) < 4.78 is 0. The molecule has 1 heterocycles. The lowest BCUT2D eigenvalue weighted by Crippen LogP contribution is -2.20. The van der Waals surface area contributed by atoms with Crippen molar-refractivity contribution in [2.24, 2.45) is 0 Å². The second kappa shape index (κ2) is 5.89. The Hall–Kier alpha value is -1.12. The Bertz CT molecular complexity index is 518. The molecule has 3 rings (SSSR count). The van der Waals surface area contributed by atoms with Crippen molar-refractivity contribution in [3.63, 3.8) is 0 Å². The van der Waals surface area contributed by atoms with E-state index in [-0.39, 0.29) is 0 Å². The monoisotopic (exact) mass is 271 g/mol. The fraction of sp³-hybridized carbons (Fsp3) is 0.412. The van der Waals surface area contributed by atoms with E-state index < -0.39 is 0 Å². The molecule has 1 aliphatic rings. The van der Waals surface area contributed by atoms with Gasteiger partial charge in [0.05, 0.1) is 0 Å². The van der Waals surface area contributed by atoms with Crippen LogP contribution in [0.4, 0.5) is 0 Å². The van der Waals surface area contributed by atoms with Gasteiger partial charge in [-0.25, -0.2) is 0 Å². The maximum atomic E-state index is 3.49. The van der Waals surface area contributed by atoms with Gasteiger partial charge in [0, 0.05) is 6.04 Å². The summed E-state index contributed by atoms with van der Waals surface area (Å²) in [4.78, 5) is 0. The van der Waals surface area contributed by atoms with Crippen LogP contribution in [0.5, 0.6) is 0 Å². The van der Waals surface area contributed by atoms with Gasteiger partial charge in [-0.05, 0) is 72.2 Å². The Balaban J connectivity index is 1.80. The molecule has 0 spiro atoms. The Morgan fingerprint density at radius 2 is 2.21 bits per heavy atom. The number of fused-ring (bicyclic) bond motifs is 1. The average molecular weight is 271 g/mol. The van der Waals surface area contributed by atoms with E-state index >= 15 is 0 Å². The van der Waals surface area contributed by atoms with Crippen LogP contribution in [-0.2, 0) is 6.42 Å². The van der Waals surface area contributed by atoms with Crippen molar-refractivity contribution in [3.05, 3.63) is 57.8 Å². The molecule has 0 radical (unpaired) electrons. The maximum absolute atomic E-state index is 3.49. The first kappa shape index (κ1) is 12.9. The van der Waals surface area contributed by atoms with Crippen molar-refractivity contribution >= 4 is 11.3 Å². The topological polar surface area (TPSA) is 12.0 Å². The predicted octanol–water partition coefficient (Wildman–Crippen LogP) is 4.52. The van der Waals surface area contributed by atoms with Crippen LogP contribution in [0.3, 0.4) is 0 Å². The molecule has 2 aromatic rings. The highest BCUT2D eigenvalue weighted by Gasteiger charge is 2.23. The van der Waals surface area contributed by atoms with Crippen LogP contribution >= 0.6 is 11.3 Å². The number of aryl methyl sites for hydroxylation is 1. The van der Waals surface area contributed by atoms with Crippen molar-refractivity contribution in [1.82, 2.24) is 5.32 Å². The summed E-state index contributed by atoms with van der Waals surface area (Å²) in [6.07, 6.45) is 5.14. The summed E-state index contributed by atoms with van der Waals surface area (Å²) in [7, 11) is 2.08. The van der Waals surface area contributed by atoms with Gasteiger partial charge < -0.3 is 5.32 Å². The summed E-state index contributed by atoms with van der Waals surface area (Å²) in [6.45, 7) is 0. The first-order chi connectivity index (χ1) is 9.38. The molecule has 1 nitrogen and oxygen atoms in total. The molecule has 0 aliphatic heterocycles. The first-order valence-corrected chi connectivity index (χ1v) is 8.10. The molecule has 1 aliphatic carbocycles. The van der Waals surface area contributed by atoms with Gasteiger partial charge in [-0.1, -0.05) is 24.3 Å². The van der Waals surface area contributed by atoms with E-state index in [4.69, 9.17) is 0 Å². The fourth-order valence-corrected chi connectivity index (χ4v) is 3.99. The number of rotatable bonds is 4. The molecule has 19 heavy (non-hydrogen) atoms. The molecule has 0 bridgehead atoms. The molecule has 1 aromatic heterocycles. The maximum Gasteiger partial charge on any atom is 0.0331 e. The zero-order valence-corrected chi connectivity index (χ0v) is 12.2. The number of thiophene rings is 1. The minimum atomic E-state index is 0.488. The number of nitrogens with one attached hydrogen (secondary N) is 1. The minimum Gasteiger partial charge on any atom is -0.313 e. The molecule has 0 amide bonds. The molecule has 100 valence electrons. The van der Waals surface area contributed by atoms with Gasteiger partial charge in [-0.3, -0.25) is 0 Å². The van der Waals surface area contributed by atoms with E-state index in [1.807, 2.05) is 0 Å². The van der Waals surface area contributed by atoms with Crippen molar-refractivity contribution in [1.29, 1.82) is 0 Å². The van der Waals surface area contributed by atoms with Crippen molar-refractivity contribution in [2.75, 3.05) is 7.05 Å². The average Bonchev–Trinajstić information content (AvgIpc) is 2.99. The molecule has 1 N–H and O–H groups in total. The summed E-state index contributed by atoms with van der Waals surface area (Å²) >= 11 is 1.79. The lowest BCUT2D eigenvalue weighted by atomic mass is 9.79. The molecule has 2 unspecified atom stereocenters. The fourth-order valence-electron chi connectivity index (χ4n) is 3.28. The molecule has 1 aromatic carbocycles. The lowest BCUT2D eigenvalue weighted by Gasteiger charge is -2.28. The first-order valence-electron chi connectivity index (χ1n) is 7.15. The van der Waals surface area contributed by atoms with Crippen LogP contribution < -0.4 is 5.32 Å². The van der Waals surface area contributed by atoms with Gasteiger partial charge in [-0.15, -0.1) is 0 Å². The summed E-state index contributed by atoms with van der Waals surface area (Å²) in [5.74, 6) is 0.710. The molecule has 0 fully saturated rings. The van der Waals surface area contributed by atoms with E-state index in [0.29, 0.717) is 12.0 Å². The van der Waals surface area contributed by atoms with Crippen molar-refractivity contribution in [2.45, 2.75) is 37.6 Å². The summed E-state index contributed by atoms with van der Waals surface area (Å²) in [5.41, 5.74) is 4.60. The van der Waals surface area contributed by atoms with Gasteiger partial charge in [0.2, 0.25) is 0 Å². The zero-order valence-electron chi connectivity index (χ0n) is 11.4. The predicted molar refractivity (Wildman–Crippen MR) is 82.9 cm³/mol. The second-order valence-corrected chi connectivity index (χ2v) is 6.20. The van der Waals surface area contributed by atoms with Gasteiger partial charge in [0.15, 0.2) is 0 Å². The Morgan fingerprint density at radius 3 is 3.00 bits per heavy atom. The van der Waals surface area contributed by atoms with Crippen LogP contribution in [0, 0.1) is 0 Å². The van der Waals surface area contributed by atoms with Gasteiger partial charge in [0.25, 0.3) is 0 Å². The molecular formula is C17H21NS. The minimum absolute atomic E-state index is 0.488. The molecular weight excluding hydrogens is 250 g/mol. The van der Waals surface area contributed by atoms with E-state index in [1.54, 1.807) is 22.5 Å². The van der Waals surface area contributed by atoms with E-state index in [1.165, 1.54) is 31.2 Å². The van der Waals surface area contributed by atoms with Crippen molar-refractivity contribution < 1.29 is 0 Å². The van der Waals surface area contributed by atoms with Crippen LogP contribution in [0.15, 0.2) is 41.1 Å². The third kappa shape index (κ3) is 2.75. The highest BCUT2D eigenvalue weighted by Crippen LogP contribution is 2.37. The second-order valence-electron chi connectivity index (χ2n) is 5.42. The van der Waals surface area contributed by atoms with Crippen LogP contribution in [0.25, 0.3) is 0 Å². The van der Waals surface area contributed by atoms with Crippen LogP contribution in [0.1, 0.15) is 47.9 Å². The lowest BCUT2D eigenvalue weighted by molar-refractivity contribution is 0.440. The number of hydrogen-bond donors (Lipinski definition) is 1. The van der Waals surface area contributed by atoms with Crippen LogP contribution in [-0.4, -0.2) is 7.05 Å². The largest absolute Gasteiger partial charge is 0.313 e. The summed E-state index contributed by atoms with van der Waals surface area (Å²) in [6, 6.07) is 11.7. The normalized spacial score (nSPS) is 19.9. The van der Waals surface area contributed by atoms with Gasteiger partial charge >= 0.3 is 0 Å². The highest BCUT2D eigenvalue weighted by atomic mass is 32.1. The molecule has 0 saturated carbocycles. The Morgan fingerprint density at radius 1 is 1.32 bits per heavy atom. The highest BCUT2D eigenvalue weighted by molar-refractivity contribution is 7.07. The quantitative estimate of drug-likeness (QED) is 0.862. The summed E-state index contributed by atoms with van der Waals surface area (Å²) in [5, 5.41) is 7.94. The molecule has 2 atom stereocenters. The van der Waals surface area contributed by atoms with E-state index in [2.05, 4.69) is 53.5 Å². The third-order valence-electron chi connectivity index (χ3n) is 4.31. The Kier molecular flexibility index (Phi) is 4.00. The van der Waals surface area contributed by atoms with Crippen LogP contribution in [0.2, 0.25) is 0 Å².